The zero-order chi connectivity index (χ0) is 12.1. The van der Waals surface area contributed by atoms with E-state index in [-0.39, 0.29) is 0 Å². The molecule has 2 atom stereocenters. The van der Waals surface area contributed by atoms with Crippen molar-refractivity contribution < 1.29 is 5.11 Å². The van der Waals surface area contributed by atoms with Crippen LogP contribution in [0, 0.1) is 0 Å². The van der Waals surface area contributed by atoms with E-state index < -0.39 is 5.60 Å². The molecule has 2 rings (SSSR count). The van der Waals surface area contributed by atoms with E-state index in [1.165, 1.54) is 11.3 Å². The van der Waals surface area contributed by atoms with Crippen LogP contribution < -0.4 is 0 Å². The summed E-state index contributed by atoms with van der Waals surface area (Å²) < 4.78 is 0. The minimum Gasteiger partial charge on any atom is -0.389 e. The van der Waals surface area contributed by atoms with E-state index >= 15 is 0 Å². The lowest BCUT2D eigenvalue weighted by Gasteiger charge is -2.37. The fraction of sp³-hybridized carbons (Fsp3) is 0.600. The summed E-state index contributed by atoms with van der Waals surface area (Å²) in [6.07, 6.45) is 5.26. The maximum atomic E-state index is 10.6. The molecule has 1 saturated heterocycles. The monoisotopic (exact) mass is 250 g/mol. The van der Waals surface area contributed by atoms with Gasteiger partial charge in [0.1, 0.15) is 0 Å². The molecular formula is C15H22OS. The van der Waals surface area contributed by atoms with Gasteiger partial charge in [-0.3, -0.25) is 0 Å². The van der Waals surface area contributed by atoms with Gasteiger partial charge in [0.05, 0.1) is 5.60 Å². The predicted molar refractivity (Wildman–Crippen MR) is 75.5 cm³/mol. The topological polar surface area (TPSA) is 20.2 Å². The highest BCUT2D eigenvalue weighted by Crippen LogP contribution is 2.37. The summed E-state index contributed by atoms with van der Waals surface area (Å²) in [5, 5.41) is 11.0. The molecule has 0 aromatic heterocycles. The van der Waals surface area contributed by atoms with Gasteiger partial charge in [-0.05, 0) is 43.4 Å². The number of hydrogen-bond acceptors (Lipinski definition) is 2. The molecule has 2 heteroatoms. The Hall–Kier alpha value is -0.470. The second-order valence-corrected chi connectivity index (χ2v) is 6.51. The van der Waals surface area contributed by atoms with Crippen molar-refractivity contribution in [2.24, 2.45) is 0 Å². The van der Waals surface area contributed by atoms with Crippen LogP contribution >= 0.6 is 11.8 Å². The van der Waals surface area contributed by atoms with Crippen molar-refractivity contribution in [3.63, 3.8) is 0 Å². The maximum absolute atomic E-state index is 10.6. The molecule has 1 fully saturated rings. The van der Waals surface area contributed by atoms with E-state index in [2.05, 4.69) is 37.3 Å². The van der Waals surface area contributed by atoms with Crippen molar-refractivity contribution in [1.82, 2.24) is 0 Å². The van der Waals surface area contributed by atoms with Crippen LogP contribution in [0.1, 0.15) is 38.2 Å². The van der Waals surface area contributed by atoms with Gasteiger partial charge < -0.3 is 5.11 Å². The van der Waals surface area contributed by atoms with E-state index in [9.17, 15) is 5.11 Å². The third kappa shape index (κ3) is 3.49. The lowest BCUT2D eigenvalue weighted by Crippen LogP contribution is -2.41. The summed E-state index contributed by atoms with van der Waals surface area (Å²) in [5.74, 6) is 1.21. The fourth-order valence-electron chi connectivity index (χ4n) is 2.57. The number of rotatable bonds is 4. The molecule has 0 amide bonds. The van der Waals surface area contributed by atoms with Gasteiger partial charge in [-0.25, -0.2) is 0 Å². The molecule has 0 spiro atoms. The van der Waals surface area contributed by atoms with Crippen LogP contribution in [-0.4, -0.2) is 21.7 Å². The van der Waals surface area contributed by atoms with Crippen molar-refractivity contribution in [3.8, 4) is 0 Å². The molecule has 0 radical (unpaired) electrons. The molecule has 1 aromatic carbocycles. The van der Waals surface area contributed by atoms with Crippen molar-refractivity contribution in [2.75, 3.05) is 5.75 Å². The molecule has 1 nitrogen and oxygen atoms in total. The number of aliphatic hydroxyl groups is 1. The fourth-order valence-corrected chi connectivity index (χ4v) is 3.78. The van der Waals surface area contributed by atoms with Gasteiger partial charge in [-0.15, -0.1) is 0 Å². The summed E-state index contributed by atoms with van der Waals surface area (Å²) in [6, 6.07) is 10.6. The molecular weight excluding hydrogens is 228 g/mol. The molecule has 1 heterocycles. The van der Waals surface area contributed by atoms with Gasteiger partial charge in [-0.1, -0.05) is 37.3 Å². The van der Waals surface area contributed by atoms with Gasteiger partial charge >= 0.3 is 0 Å². The second-order valence-electron chi connectivity index (χ2n) is 5.06. The van der Waals surface area contributed by atoms with Gasteiger partial charge in [0.25, 0.3) is 0 Å². The molecule has 1 N–H and O–H groups in total. The van der Waals surface area contributed by atoms with E-state index in [4.69, 9.17) is 0 Å². The molecule has 1 aliphatic heterocycles. The van der Waals surface area contributed by atoms with Crippen LogP contribution in [0.15, 0.2) is 30.3 Å². The van der Waals surface area contributed by atoms with Gasteiger partial charge in [0.2, 0.25) is 0 Å². The van der Waals surface area contributed by atoms with Crippen LogP contribution in [-0.2, 0) is 6.42 Å². The molecule has 1 aliphatic rings. The van der Waals surface area contributed by atoms with E-state index in [0.717, 1.165) is 32.1 Å². The molecule has 1 aromatic rings. The Balaban J connectivity index is 1.81. The zero-order valence-electron chi connectivity index (χ0n) is 10.6. The minimum atomic E-state index is -0.419. The largest absolute Gasteiger partial charge is 0.389 e. The smallest absolute Gasteiger partial charge is 0.0763 e. The minimum absolute atomic E-state index is 0.395. The Kier molecular flexibility index (Phi) is 4.52. The van der Waals surface area contributed by atoms with Crippen molar-refractivity contribution in [3.05, 3.63) is 35.9 Å². The number of thioether (sulfide) groups is 1. The normalized spacial score (nSPS) is 29.2. The Morgan fingerprint density at radius 1 is 1.35 bits per heavy atom. The van der Waals surface area contributed by atoms with Crippen LogP contribution in [0.4, 0.5) is 0 Å². The molecule has 94 valence electrons. The van der Waals surface area contributed by atoms with E-state index in [0.29, 0.717) is 5.25 Å². The zero-order valence-corrected chi connectivity index (χ0v) is 11.4. The van der Waals surface area contributed by atoms with Crippen molar-refractivity contribution in [2.45, 2.75) is 49.9 Å². The second kappa shape index (κ2) is 5.92. The number of benzene rings is 1. The summed E-state index contributed by atoms with van der Waals surface area (Å²) in [6.45, 7) is 2.17. The van der Waals surface area contributed by atoms with Crippen LogP contribution in [0.5, 0.6) is 0 Å². The average Bonchev–Trinajstić information content (AvgIpc) is 2.35. The number of aryl methyl sites for hydroxylation is 1. The van der Waals surface area contributed by atoms with E-state index in [1.54, 1.807) is 0 Å². The van der Waals surface area contributed by atoms with Crippen LogP contribution in [0.3, 0.4) is 0 Å². The van der Waals surface area contributed by atoms with Crippen LogP contribution in [0.25, 0.3) is 0 Å². The van der Waals surface area contributed by atoms with Crippen LogP contribution in [0.2, 0.25) is 0 Å². The SMILES string of the molecule is CC1SCCCC1(O)CCCc1ccccc1. The average molecular weight is 250 g/mol. The predicted octanol–water partition coefficient (Wildman–Crippen LogP) is 3.66. The highest BCUT2D eigenvalue weighted by molar-refractivity contribution is 8.00. The Labute approximate surface area is 109 Å². The highest BCUT2D eigenvalue weighted by atomic mass is 32.2. The Bertz CT molecular complexity index is 338. The van der Waals surface area contributed by atoms with Gasteiger partial charge in [0.15, 0.2) is 0 Å². The highest BCUT2D eigenvalue weighted by Gasteiger charge is 2.35. The molecule has 0 aliphatic carbocycles. The first-order valence-corrected chi connectivity index (χ1v) is 7.63. The lowest BCUT2D eigenvalue weighted by molar-refractivity contribution is 0.0191. The number of hydrogen-bond donors (Lipinski definition) is 1. The molecule has 17 heavy (non-hydrogen) atoms. The van der Waals surface area contributed by atoms with E-state index in [1.807, 2.05) is 11.8 Å². The van der Waals surface area contributed by atoms with Crippen molar-refractivity contribution >= 4 is 11.8 Å². The lowest BCUT2D eigenvalue weighted by atomic mass is 9.87. The summed E-state index contributed by atoms with van der Waals surface area (Å²) in [4.78, 5) is 0. The third-order valence-corrected chi connectivity index (χ3v) is 5.26. The molecule has 0 bridgehead atoms. The first-order valence-electron chi connectivity index (χ1n) is 6.59. The van der Waals surface area contributed by atoms with Crippen molar-refractivity contribution in [1.29, 1.82) is 0 Å². The standard InChI is InChI=1S/C15H22OS/c1-13-15(16,11-6-12-17-13)10-5-9-14-7-3-2-4-8-14/h2-4,7-8,13,16H,5-6,9-12H2,1H3. The maximum Gasteiger partial charge on any atom is 0.0763 e. The van der Waals surface area contributed by atoms with Gasteiger partial charge in [0, 0.05) is 5.25 Å². The summed E-state index contributed by atoms with van der Waals surface area (Å²) in [5.41, 5.74) is 0.963. The Morgan fingerprint density at radius 2 is 2.12 bits per heavy atom. The molecule has 0 saturated carbocycles. The first kappa shape index (κ1) is 13.0. The quantitative estimate of drug-likeness (QED) is 0.880. The Morgan fingerprint density at radius 3 is 2.82 bits per heavy atom. The summed E-state index contributed by atoms with van der Waals surface area (Å²) >= 11 is 1.92. The summed E-state index contributed by atoms with van der Waals surface area (Å²) in [7, 11) is 0. The van der Waals surface area contributed by atoms with Gasteiger partial charge in [-0.2, -0.15) is 11.8 Å². The third-order valence-electron chi connectivity index (χ3n) is 3.80. The first-order chi connectivity index (χ1) is 8.21. The molecule has 2 unspecified atom stereocenters.